The summed E-state index contributed by atoms with van der Waals surface area (Å²) in [6.07, 6.45) is 3.88. The first-order chi connectivity index (χ1) is 12.7. The monoisotopic (exact) mass is 374 g/mol. The molecule has 0 N–H and O–H groups in total. The third-order valence-corrected chi connectivity index (χ3v) is 5.60. The second kappa shape index (κ2) is 7.67. The summed E-state index contributed by atoms with van der Waals surface area (Å²) >= 11 is 1.14. The number of nitrogens with zero attached hydrogens (tertiary/aromatic N) is 4. The Kier molecular flexibility index (Phi) is 5.12. The highest BCUT2D eigenvalue weighted by atomic mass is 32.1. The molecule has 0 spiro atoms. The van der Waals surface area contributed by atoms with E-state index in [-0.39, 0.29) is 11.8 Å². The van der Waals surface area contributed by atoms with Gasteiger partial charge in [-0.1, -0.05) is 12.8 Å². The van der Waals surface area contributed by atoms with Gasteiger partial charge in [-0.15, -0.1) is 0 Å². The van der Waals surface area contributed by atoms with E-state index in [4.69, 9.17) is 4.74 Å². The van der Waals surface area contributed by atoms with Gasteiger partial charge in [0.1, 0.15) is 11.0 Å². The van der Waals surface area contributed by atoms with Gasteiger partial charge in [-0.25, -0.2) is 0 Å². The summed E-state index contributed by atoms with van der Waals surface area (Å²) in [5.41, 5.74) is 2.10. The molecule has 2 fully saturated rings. The van der Waals surface area contributed by atoms with Crippen molar-refractivity contribution in [3.05, 3.63) is 23.8 Å². The summed E-state index contributed by atoms with van der Waals surface area (Å²) in [7, 11) is 0. The third-order valence-electron chi connectivity index (χ3n) is 5.05. The van der Waals surface area contributed by atoms with Crippen LogP contribution in [-0.4, -0.2) is 69.3 Å². The molecule has 2 saturated heterocycles. The molecule has 1 aromatic carbocycles. The van der Waals surface area contributed by atoms with Crippen molar-refractivity contribution in [1.29, 1.82) is 0 Å². The van der Waals surface area contributed by atoms with Gasteiger partial charge in [0, 0.05) is 25.2 Å². The lowest BCUT2D eigenvalue weighted by Crippen LogP contribution is -2.52. The zero-order valence-electron chi connectivity index (χ0n) is 14.6. The number of carbonyl (C=O) groups excluding carboxylic acids is 2. The van der Waals surface area contributed by atoms with Crippen LogP contribution >= 0.6 is 11.7 Å². The van der Waals surface area contributed by atoms with Gasteiger partial charge in [-0.05, 0) is 31.0 Å². The van der Waals surface area contributed by atoms with Crippen molar-refractivity contribution in [2.45, 2.75) is 31.8 Å². The zero-order valence-corrected chi connectivity index (χ0v) is 15.4. The molecule has 0 unspecified atom stereocenters. The quantitative estimate of drug-likeness (QED) is 0.803. The van der Waals surface area contributed by atoms with Crippen LogP contribution in [0.25, 0.3) is 11.0 Å². The molecule has 0 radical (unpaired) electrons. The number of morpholine rings is 1. The fourth-order valence-corrected chi connectivity index (χ4v) is 4.09. The van der Waals surface area contributed by atoms with E-state index in [2.05, 4.69) is 8.75 Å². The van der Waals surface area contributed by atoms with Crippen LogP contribution in [-0.2, 0) is 9.53 Å². The van der Waals surface area contributed by atoms with Crippen molar-refractivity contribution < 1.29 is 14.3 Å². The van der Waals surface area contributed by atoms with Crippen LogP contribution in [0.4, 0.5) is 0 Å². The van der Waals surface area contributed by atoms with Gasteiger partial charge in [0.15, 0.2) is 6.10 Å². The normalized spacial score (nSPS) is 21.6. The molecule has 2 amide bonds. The summed E-state index contributed by atoms with van der Waals surface area (Å²) < 4.78 is 14.1. The second-order valence-corrected chi connectivity index (χ2v) is 7.35. The minimum absolute atomic E-state index is 0.0172. The standard InChI is InChI=1S/C18H22N4O3S/c23-17(13-5-6-14-15(11-13)20-26-19-14)22-9-10-25-16(12-22)18(24)21-7-3-1-2-4-8-21/h5-6,11,16H,1-4,7-10,12H2/t16-/m0/s1. The fourth-order valence-electron chi connectivity index (χ4n) is 3.58. The lowest BCUT2D eigenvalue weighted by Gasteiger charge is -2.34. The van der Waals surface area contributed by atoms with E-state index in [0.717, 1.165) is 48.7 Å². The van der Waals surface area contributed by atoms with Gasteiger partial charge in [0.05, 0.1) is 24.9 Å². The van der Waals surface area contributed by atoms with Crippen molar-refractivity contribution in [3.8, 4) is 0 Å². The number of likely N-dealkylation sites (tertiary alicyclic amines) is 1. The molecule has 7 nitrogen and oxygen atoms in total. The Morgan fingerprint density at radius 2 is 1.77 bits per heavy atom. The van der Waals surface area contributed by atoms with Crippen LogP contribution in [0, 0.1) is 0 Å². The van der Waals surface area contributed by atoms with E-state index in [9.17, 15) is 9.59 Å². The molecular weight excluding hydrogens is 352 g/mol. The average Bonchev–Trinajstić information content (AvgIpc) is 2.99. The number of hydrogen-bond donors (Lipinski definition) is 0. The Hall–Kier alpha value is -2.06. The molecule has 0 bridgehead atoms. The molecule has 1 atom stereocenters. The summed E-state index contributed by atoms with van der Waals surface area (Å²) in [6, 6.07) is 5.35. The molecule has 2 aliphatic heterocycles. The number of aromatic nitrogens is 2. The minimum atomic E-state index is -0.560. The van der Waals surface area contributed by atoms with Gasteiger partial charge in [-0.2, -0.15) is 8.75 Å². The Morgan fingerprint density at radius 3 is 2.58 bits per heavy atom. The van der Waals surface area contributed by atoms with Gasteiger partial charge in [-0.3, -0.25) is 9.59 Å². The van der Waals surface area contributed by atoms with Crippen LogP contribution < -0.4 is 0 Å². The molecule has 0 aliphatic carbocycles. The highest BCUT2D eigenvalue weighted by Crippen LogP contribution is 2.18. The SMILES string of the molecule is O=C(c1ccc2nsnc2c1)N1CCO[C@H](C(=O)N2CCCCCC2)C1. The highest BCUT2D eigenvalue weighted by Gasteiger charge is 2.32. The molecular formula is C18H22N4O3S. The van der Waals surface area contributed by atoms with E-state index in [1.165, 1.54) is 12.8 Å². The topological polar surface area (TPSA) is 75.6 Å². The first-order valence-corrected chi connectivity index (χ1v) is 9.87. The number of hydrogen-bond acceptors (Lipinski definition) is 6. The third kappa shape index (κ3) is 3.57. The van der Waals surface area contributed by atoms with Crippen molar-refractivity contribution in [2.75, 3.05) is 32.8 Å². The fraction of sp³-hybridized carbons (Fsp3) is 0.556. The first kappa shape index (κ1) is 17.4. The number of amides is 2. The molecule has 8 heteroatoms. The number of ether oxygens (including phenoxy) is 1. The number of benzene rings is 1. The predicted molar refractivity (Wildman–Crippen MR) is 98.1 cm³/mol. The van der Waals surface area contributed by atoms with Crippen LogP contribution in [0.15, 0.2) is 18.2 Å². The van der Waals surface area contributed by atoms with Crippen molar-refractivity contribution >= 4 is 34.6 Å². The van der Waals surface area contributed by atoms with Gasteiger partial charge in [0.2, 0.25) is 0 Å². The second-order valence-electron chi connectivity index (χ2n) is 6.82. The maximum atomic E-state index is 12.9. The number of rotatable bonds is 2. The minimum Gasteiger partial charge on any atom is -0.365 e. The van der Waals surface area contributed by atoms with Crippen molar-refractivity contribution in [3.63, 3.8) is 0 Å². The van der Waals surface area contributed by atoms with Crippen LogP contribution in [0.5, 0.6) is 0 Å². The molecule has 138 valence electrons. The molecule has 0 saturated carbocycles. The van der Waals surface area contributed by atoms with Gasteiger partial charge in [0.25, 0.3) is 11.8 Å². The van der Waals surface area contributed by atoms with Crippen molar-refractivity contribution in [2.24, 2.45) is 0 Å². The summed E-state index contributed by atoms with van der Waals surface area (Å²) in [5, 5.41) is 0. The molecule has 2 aromatic rings. The lowest BCUT2D eigenvalue weighted by molar-refractivity contribution is -0.148. The molecule has 26 heavy (non-hydrogen) atoms. The van der Waals surface area contributed by atoms with Crippen LogP contribution in [0.1, 0.15) is 36.0 Å². The lowest BCUT2D eigenvalue weighted by atomic mass is 10.1. The van der Waals surface area contributed by atoms with E-state index in [0.29, 0.717) is 25.3 Å². The molecule has 3 heterocycles. The van der Waals surface area contributed by atoms with Crippen LogP contribution in [0.3, 0.4) is 0 Å². The van der Waals surface area contributed by atoms with Gasteiger partial charge >= 0.3 is 0 Å². The maximum absolute atomic E-state index is 12.9. The Bertz CT molecular complexity index is 801. The molecule has 1 aromatic heterocycles. The maximum Gasteiger partial charge on any atom is 0.254 e. The number of fused-ring (bicyclic) bond motifs is 1. The van der Waals surface area contributed by atoms with Crippen LogP contribution in [0.2, 0.25) is 0 Å². The van der Waals surface area contributed by atoms with Gasteiger partial charge < -0.3 is 14.5 Å². The van der Waals surface area contributed by atoms with Crippen molar-refractivity contribution in [1.82, 2.24) is 18.5 Å². The summed E-state index contributed by atoms with van der Waals surface area (Å²) in [4.78, 5) is 29.3. The molecule has 4 rings (SSSR count). The van der Waals surface area contributed by atoms with E-state index in [1.807, 2.05) is 11.0 Å². The van der Waals surface area contributed by atoms with E-state index < -0.39 is 6.10 Å². The molecule has 2 aliphatic rings. The predicted octanol–water partition coefficient (Wildman–Crippen LogP) is 1.93. The Balaban J connectivity index is 1.45. The average molecular weight is 374 g/mol. The largest absolute Gasteiger partial charge is 0.365 e. The Labute approximate surface area is 156 Å². The smallest absolute Gasteiger partial charge is 0.254 e. The first-order valence-electron chi connectivity index (χ1n) is 9.14. The zero-order chi connectivity index (χ0) is 17.9. The Morgan fingerprint density at radius 1 is 1.00 bits per heavy atom. The van der Waals surface area contributed by atoms with E-state index in [1.54, 1.807) is 17.0 Å². The highest BCUT2D eigenvalue weighted by molar-refractivity contribution is 7.00. The van der Waals surface area contributed by atoms with E-state index >= 15 is 0 Å². The summed E-state index contributed by atoms with van der Waals surface area (Å²) in [5.74, 6) is -0.0691. The number of carbonyl (C=O) groups is 2. The summed E-state index contributed by atoms with van der Waals surface area (Å²) in [6.45, 7) is 2.77.